The van der Waals surface area contributed by atoms with Crippen molar-refractivity contribution in [2.75, 3.05) is 51.1 Å². The first-order valence-corrected chi connectivity index (χ1v) is 8.51. The molecule has 1 aliphatic rings. The second-order valence-corrected chi connectivity index (χ2v) is 6.13. The summed E-state index contributed by atoms with van der Waals surface area (Å²) in [7, 11) is 0. The van der Waals surface area contributed by atoms with Crippen LogP contribution < -0.4 is 10.6 Å². The summed E-state index contributed by atoms with van der Waals surface area (Å²) >= 11 is 0. The summed E-state index contributed by atoms with van der Waals surface area (Å²) in [6.07, 6.45) is 2.09. The number of hydrogen-bond acceptors (Lipinski definition) is 6. The molecule has 24 heavy (non-hydrogen) atoms. The maximum atomic E-state index is 12.0. The quantitative estimate of drug-likeness (QED) is 0.670. The molecule has 1 aromatic heterocycles. The Morgan fingerprint density at radius 3 is 2.33 bits per heavy atom. The zero-order valence-electron chi connectivity index (χ0n) is 14.5. The Morgan fingerprint density at radius 2 is 1.79 bits per heavy atom. The van der Waals surface area contributed by atoms with E-state index in [0.29, 0.717) is 24.7 Å². The molecule has 2 amide bonds. The van der Waals surface area contributed by atoms with E-state index in [0.717, 1.165) is 45.6 Å². The molecular formula is C16H27N5O3. The number of carbonyl (C=O) groups excluding carboxylic acids is 2. The van der Waals surface area contributed by atoms with Gasteiger partial charge in [-0.2, -0.15) is 0 Å². The third-order valence-electron chi connectivity index (χ3n) is 3.95. The Morgan fingerprint density at radius 1 is 1.17 bits per heavy atom. The SMILES string of the molecule is CCCCNC(=O)CN1CCN(CC(=O)Nc2cc(C)on2)CC1. The molecule has 1 fully saturated rings. The van der Waals surface area contributed by atoms with E-state index in [4.69, 9.17) is 4.52 Å². The number of amides is 2. The number of anilines is 1. The van der Waals surface area contributed by atoms with Gasteiger partial charge in [-0.1, -0.05) is 18.5 Å². The molecule has 0 unspecified atom stereocenters. The van der Waals surface area contributed by atoms with Crippen molar-refractivity contribution in [3.05, 3.63) is 11.8 Å². The number of rotatable bonds is 8. The van der Waals surface area contributed by atoms with Gasteiger partial charge in [0.25, 0.3) is 0 Å². The van der Waals surface area contributed by atoms with Crippen LogP contribution >= 0.6 is 0 Å². The Balaban J connectivity index is 1.63. The number of piperazine rings is 1. The van der Waals surface area contributed by atoms with Crippen LogP contribution in [0, 0.1) is 6.92 Å². The molecule has 0 bridgehead atoms. The van der Waals surface area contributed by atoms with Crippen LogP contribution in [0.2, 0.25) is 0 Å². The van der Waals surface area contributed by atoms with Crippen molar-refractivity contribution in [3.63, 3.8) is 0 Å². The van der Waals surface area contributed by atoms with Crippen molar-refractivity contribution < 1.29 is 14.1 Å². The molecule has 0 aliphatic carbocycles. The topological polar surface area (TPSA) is 90.7 Å². The summed E-state index contributed by atoms with van der Waals surface area (Å²) < 4.78 is 4.92. The van der Waals surface area contributed by atoms with Gasteiger partial charge in [0.05, 0.1) is 13.1 Å². The average molecular weight is 337 g/mol. The minimum Gasteiger partial charge on any atom is -0.360 e. The molecule has 8 heteroatoms. The molecule has 2 heterocycles. The summed E-state index contributed by atoms with van der Waals surface area (Å²) in [5.74, 6) is 1.08. The van der Waals surface area contributed by atoms with E-state index in [1.807, 2.05) is 0 Å². The van der Waals surface area contributed by atoms with Gasteiger partial charge in [0.2, 0.25) is 11.8 Å². The third-order valence-corrected chi connectivity index (χ3v) is 3.95. The highest BCUT2D eigenvalue weighted by atomic mass is 16.5. The normalized spacial score (nSPS) is 16.1. The van der Waals surface area contributed by atoms with Gasteiger partial charge in [-0.3, -0.25) is 19.4 Å². The molecule has 0 atom stereocenters. The number of hydrogen-bond donors (Lipinski definition) is 2. The third kappa shape index (κ3) is 6.29. The zero-order valence-corrected chi connectivity index (χ0v) is 14.5. The standard InChI is InChI=1S/C16H27N5O3/c1-3-4-5-17-15(22)11-20-6-8-21(9-7-20)12-16(23)18-14-10-13(2)24-19-14/h10H,3-9,11-12H2,1-2H3,(H,17,22)(H,18,19,23). The Kier molecular flexibility index (Phi) is 7.20. The lowest BCUT2D eigenvalue weighted by molar-refractivity contribution is -0.123. The van der Waals surface area contributed by atoms with Gasteiger partial charge in [-0.25, -0.2) is 0 Å². The van der Waals surface area contributed by atoms with Crippen molar-refractivity contribution in [1.29, 1.82) is 0 Å². The number of aryl methyl sites for hydroxylation is 1. The lowest BCUT2D eigenvalue weighted by atomic mass is 10.3. The molecule has 0 saturated carbocycles. The number of nitrogens with zero attached hydrogens (tertiary/aromatic N) is 3. The first-order valence-electron chi connectivity index (χ1n) is 8.51. The summed E-state index contributed by atoms with van der Waals surface area (Å²) in [5.41, 5.74) is 0. The molecule has 2 N–H and O–H groups in total. The molecule has 134 valence electrons. The van der Waals surface area contributed by atoms with Crippen LogP contribution in [0.1, 0.15) is 25.5 Å². The van der Waals surface area contributed by atoms with E-state index in [1.165, 1.54) is 0 Å². The minimum absolute atomic E-state index is 0.0797. The maximum Gasteiger partial charge on any atom is 0.239 e. The van der Waals surface area contributed by atoms with Crippen LogP contribution in [0.15, 0.2) is 10.6 Å². The summed E-state index contributed by atoms with van der Waals surface area (Å²) in [6.45, 7) is 8.50. The monoisotopic (exact) mass is 337 g/mol. The first kappa shape index (κ1) is 18.4. The molecule has 1 aromatic rings. The van der Waals surface area contributed by atoms with E-state index in [9.17, 15) is 9.59 Å². The maximum absolute atomic E-state index is 12.0. The van der Waals surface area contributed by atoms with Crippen LogP contribution in [0.25, 0.3) is 0 Å². The van der Waals surface area contributed by atoms with Crippen molar-refractivity contribution >= 4 is 17.6 Å². The minimum atomic E-state index is -0.103. The fourth-order valence-electron chi connectivity index (χ4n) is 2.58. The van der Waals surface area contributed by atoms with Crippen LogP contribution in [0.3, 0.4) is 0 Å². The second-order valence-electron chi connectivity index (χ2n) is 6.13. The van der Waals surface area contributed by atoms with Gasteiger partial charge in [0, 0.05) is 38.8 Å². The Hall–Kier alpha value is -1.93. The molecule has 1 aliphatic heterocycles. The highest BCUT2D eigenvalue weighted by Gasteiger charge is 2.20. The number of aromatic nitrogens is 1. The van der Waals surface area contributed by atoms with Crippen molar-refractivity contribution in [1.82, 2.24) is 20.3 Å². The van der Waals surface area contributed by atoms with Crippen LogP contribution in [-0.4, -0.2) is 72.6 Å². The van der Waals surface area contributed by atoms with E-state index in [1.54, 1.807) is 13.0 Å². The Labute approximate surface area is 142 Å². The van der Waals surface area contributed by atoms with E-state index in [2.05, 4.69) is 32.5 Å². The predicted octanol–water partition coefficient (Wildman–Crippen LogP) is 0.455. The number of carbonyl (C=O) groups is 2. The molecule has 1 saturated heterocycles. The van der Waals surface area contributed by atoms with Crippen LogP contribution in [0.4, 0.5) is 5.82 Å². The van der Waals surface area contributed by atoms with Crippen LogP contribution in [0.5, 0.6) is 0 Å². The van der Waals surface area contributed by atoms with E-state index in [-0.39, 0.29) is 11.8 Å². The predicted molar refractivity (Wildman–Crippen MR) is 90.7 cm³/mol. The lowest BCUT2D eigenvalue weighted by Gasteiger charge is -2.33. The first-order chi connectivity index (χ1) is 11.6. The van der Waals surface area contributed by atoms with Gasteiger partial charge >= 0.3 is 0 Å². The average Bonchev–Trinajstić information content (AvgIpc) is 2.94. The van der Waals surface area contributed by atoms with E-state index >= 15 is 0 Å². The smallest absolute Gasteiger partial charge is 0.239 e. The van der Waals surface area contributed by atoms with Gasteiger partial charge in [0.1, 0.15) is 5.76 Å². The van der Waals surface area contributed by atoms with Crippen LogP contribution in [-0.2, 0) is 9.59 Å². The largest absolute Gasteiger partial charge is 0.360 e. The number of nitrogens with one attached hydrogen (secondary N) is 2. The lowest BCUT2D eigenvalue weighted by Crippen LogP contribution is -2.51. The van der Waals surface area contributed by atoms with Gasteiger partial charge in [0.15, 0.2) is 5.82 Å². The molecule has 2 rings (SSSR count). The van der Waals surface area contributed by atoms with Gasteiger partial charge in [-0.15, -0.1) is 0 Å². The molecule has 8 nitrogen and oxygen atoms in total. The van der Waals surface area contributed by atoms with Crippen molar-refractivity contribution in [2.24, 2.45) is 0 Å². The summed E-state index contributed by atoms with van der Waals surface area (Å²) in [4.78, 5) is 28.0. The fraction of sp³-hybridized carbons (Fsp3) is 0.688. The highest BCUT2D eigenvalue weighted by Crippen LogP contribution is 2.07. The highest BCUT2D eigenvalue weighted by molar-refractivity contribution is 5.91. The second kappa shape index (κ2) is 9.39. The molecular weight excluding hydrogens is 310 g/mol. The van der Waals surface area contributed by atoms with E-state index < -0.39 is 0 Å². The fourth-order valence-corrected chi connectivity index (χ4v) is 2.58. The summed E-state index contributed by atoms with van der Waals surface area (Å²) in [6, 6.07) is 1.69. The number of unbranched alkanes of at least 4 members (excludes halogenated alkanes) is 1. The molecule has 0 radical (unpaired) electrons. The van der Waals surface area contributed by atoms with Crippen molar-refractivity contribution in [3.8, 4) is 0 Å². The van der Waals surface area contributed by atoms with Crippen molar-refractivity contribution in [2.45, 2.75) is 26.7 Å². The zero-order chi connectivity index (χ0) is 17.4. The van der Waals surface area contributed by atoms with Gasteiger partial charge < -0.3 is 15.2 Å². The summed E-state index contributed by atoms with van der Waals surface area (Å²) in [5, 5.41) is 9.39. The van der Waals surface area contributed by atoms with Gasteiger partial charge in [-0.05, 0) is 13.3 Å². The molecule has 0 aromatic carbocycles. The Bertz CT molecular complexity index is 538. The molecule has 0 spiro atoms.